The molecule has 0 spiro atoms. The maximum atomic E-state index is 14.2. The zero-order valence-electron chi connectivity index (χ0n) is 27.7. The molecule has 9 heteroatoms. The minimum atomic E-state index is -1.36. The summed E-state index contributed by atoms with van der Waals surface area (Å²) in [5, 5.41) is 5.44. The predicted molar refractivity (Wildman–Crippen MR) is 175 cm³/mol. The molecule has 0 saturated carbocycles. The molecule has 0 aromatic heterocycles. The van der Waals surface area contributed by atoms with Crippen molar-refractivity contribution in [3.8, 4) is 12.5 Å². The monoisotopic (exact) mass is 617 g/mol. The van der Waals surface area contributed by atoms with Gasteiger partial charge in [-0.1, -0.05) is 81.5 Å². The van der Waals surface area contributed by atoms with Gasteiger partial charge in [-0.3, -0.25) is 14.5 Å². The molecule has 3 atom stereocenters. The number of carbonyl (C=O) groups excluding carboxylic acids is 4. The first kappa shape index (κ1) is 36.6. The van der Waals surface area contributed by atoms with Gasteiger partial charge in [0.15, 0.2) is 0 Å². The summed E-state index contributed by atoms with van der Waals surface area (Å²) in [7, 11) is 0. The summed E-state index contributed by atoms with van der Waals surface area (Å²) in [6.45, 7) is 17.9. The van der Waals surface area contributed by atoms with E-state index in [-0.39, 0.29) is 18.8 Å². The lowest BCUT2D eigenvalue weighted by Crippen LogP contribution is -2.54. The number of ether oxygens (including phenoxy) is 2. The molecule has 2 rings (SSSR count). The third-order valence-electron chi connectivity index (χ3n) is 6.33. The van der Waals surface area contributed by atoms with Crippen molar-refractivity contribution in [3.63, 3.8) is 0 Å². The fourth-order valence-corrected chi connectivity index (χ4v) is 4.52. The second kappa shape index (κ2) is 15.9. The zero-order valence-corrected chi connectivity index (χ0v) is 27.7. The second-order valence-electron chi connectivity index (χ2n) is 13.2. The minimum absolute atomic E-state index is 0.0210. The van der Waals surface area contributed by atoms with Gasteiger partial charge in [0.05, 0.1) is 0 Å². The lowest BCUT2D eigenvalue weighted by molar-refractivity contribution is -0.159. The maximum absolute atomic E-state index is 14.2. The Labute approximate surface area is 267 Å². The largest absolute Gasteiger partial charge is 0.458 e. The van der Waals surface area contributed by atoms with Gasteiger partial charge in [-0.05, 0) is 76.6 Å². The van der Waals surface area contributed by atoms with E-state index in [1.807, 2.05) is 44.2 Å². The van der Waals surface area contributed by atoms with Crippen molar-refractivity contribution in [2.45, 2.75) is 97.6 Å². The van der Waals surface area contributed by atoms with Crippen LogP contribution in [0.2, 0.25) is 0 Å². The highest BCUT2D eigenvalue weighted by Crippen LogP contribution is 2.25. The first-order valence-electron chi connectivity index (χ1n) is 15.0. The van der Waals surface area contributed by atoms with E-state index in [2.05, 4.69) is 23.3 Å². The maximum Gasteiger partial charge on any atom is 0.408 e. The van der Waals surface area contributed by atoms with E-state index in [1.54, 1.807) is 71.9 Å². The van der Waals surface area contributed by atoms with Gasteiger partial charge in [-0.15, -0.1) is 0 Å². The summed E-state index contributed by atoms with van der Waals surface area (Å²) in [6.07, 6.45) is 7.12. The molecule has 242 valence electrons. The van der Waals surface area contributed by atoms with Crippen LogP contribution in [0.15, 0.2) is 61.2 Å². The fourth-order valence-electron chi connectivity index (χ4n) is 4.52. The Bertz CT molecular complexity index is 1380. The highest BCUT2D eigenvalue weighted by atomic mass is 16.6. The number of carbonyl (C=O) groups is 4. The van der Waals surface area contributed by atoms with E-state index >= 15 is 0 Å². The van der Waals surface area contributed by atoms with Crippen LogP contribution in [0.5, 0.6) is 0 Å². The first-order valence-corrected chi connectivity index (χ1v) is 15.0. The average Bonchev–Trinajstić information content (AvgIpc) is 2.93. The van der Waals surface area contributed by atoms with Gasteiger partial charge in [-0.2, -0.15) is 0 Å². The van der Waals surface area contributed by atoms with Gasteiger partial charge in [0.1, 0.15) is 29.3 Å². The number of nitrogens with zero attached hydrogens (tertiary/aromatic N) is 1. The summed E-state index contributed by atoms with van der Waals surface area (Å²) in [4.78, 5) is 55.4. The van der Waals surface area contributed by atoms with Crippen molar-refractivity contribution in [1.29, 1.82) is 0 Å². The number of rotatable bonds is 12. The van der Waals surface area contributed by atoms with Crippen molar-refractivity contribution in [2.24, 2.45) is 5.92 Å². The molecule has 0 aliphatic rings. The molecule has 9 nitrogen and oxygen atoms in total. The van der Waals surface area contributed by atoms with Crippen LogP contribution in [0, 0.1) is 18.4 Å². The van der Waals surface area contributed by atoms with Crippen molar-refractivity contribution in [3.05, 3.63) is 77.9 Å². The topological polar surface area (TPSA) is 114 Å². The van der Waals surface area contributed by atoms with Crippen molar-refractivity contribution < 1.29 is 28.7 Å². The zero-order chi connectivity index (χ0) is 33.9. The van der Waals surface area contributed by atoms with Crippen LogP contribution in [0.1, 0.15) is 84.5 Å². The molecule has 0 saturated heterocycles. The van der Waals surface area contributed by atoms with Crippen LogP contribution in [-0.2, 0) is 30.3 Å². The summed E-state index contributed by atoms with van der Waals surface area (Å²) >= 11 is 0. The third-order valence-corrected chi connectivity index (χ3v) is 6.33. The van der Waals surface area contributed by atoms with Crippen LogP contribution in [-0.4, -0.2) is 52.1 Å². The summed E-state index contributed by atoms with van der Waals surface area (Å²) in [6, 6.07) is 14.9. The molecule has 0 aliphatic heterocycles. The van der Waals surface area contributed by atoms with E-state index in [0.29, 0.717) is 11.1 Å². The number of nitrogens with one attached hydrogen (secondary N) is 2. The van der Waals surface area contributed by atoms with Crippen molar-refractivity contribution in [2.75, 3.05) is 0 Å². The quantitative estimate of drug-likeness (QED) is 0.177. The average molecular weight is 618 g/mol. The molecule has 0 bridgehead atoms. The Hall–Kier alpha value is -4.58. The van der Waals surface area contributed by atoms with Crippen LogP contribution in [0.4, 0.5) is 4.79 Å². The molecule has 3 amide bonds. The predicted octanol–water partition coefficient (Wildman–Crippen LogP) is 5.80. The number of esters is 1. The molecule has 0 heterocycles. The number of alkyl carbamates (subject to hydrolysis) is 1. The lowest BCUT2D eigenvalue weighted by Gasteiger charge is -2.32. The van der Waals surface area contributed by atoms with Gasteiger partial charge < -0.3 is 20.1 Å². The van der Waals surface area contributed by atoms with Crippen LogP contribution >= 0.6 is 0 Å². The van der Waals surface area contributed by atoms with E-state index in [9.17, 15) is 19.2 Å². The molecule has 0 fully saturated rings. The van der Waals surface area contributed by atoms with Gasteiger partial charge in [0.2, 0.25) is 5.91 Å². The lowest BCUT2D eigenvalue weighted by atomic mass is 9.98. The van der Waals surface area contributed by atoms with Crippen molar-refractivity contribution >= 4 is 30.0 Å². The number of terminal acetylenes is 1. The molecule has 45 heavy (non-hydrogen) atoms. The number of hydrogen-bond acceptors (Lipinski definition) is 6. The first-order chi connectivity index (χ1) is 20.9. The van der Waals surface area contributed by atoms with Gasteiger partial charge in [0.25, 0.3) is 5.91 Å². The Kier molecular flexibility index (Phi) is 13.0. The van der Waals surface area contributed by atoms with Crippen molar-refractivity contribution in [1.82, 2.24) is 15.5 Å². The minimum Gasteiger partial charge on any atom is -0.458 e. The second-order valence-corrected chi connectivity index (χ2v) is 13.2. The van der Waals surface area contributed by atoms with Gasteiger partial charge >= 0.3 is 12.1 Å². The number of amides is 3. The standard InChI is InChI=1S/C36H47N3O6/c1-11-25-19-16-20-27(22-25)30(39(12-2)32(41)28(21-24(3)4)38-34(43)45-36(8,9)10)31(40)37-29(33(42)44-35(5,6)7)23-26-17-14-13-15-18-26/h2,11,13-20,22,24,28-30H,1,21,23H2,3-10H3,(H,37,40)(H,38,43). The molecule has 2 N–H and O–H groups in total. The van der Waals surface area contributed by atoms with Crippen LogP contribution in [0.25, 0.3) is 6.08 Å². The third kappa shape index (κ3) is 12.1. The van der Waals surface area contributed by atoms with E-state index in [0.717, 1.165) is 10.5 Å². The molecule has 3 unspecified atom stereocenters. The Balaban J connectivity index is 2.58. The molecule has 2 aromatic carbocycles. The van der Waals surface area contributed by atoms with E-state index in [1.165, 1.54) is 0 Å². The SMILES string of the molecule is C#CN(C(=O)C(CC(C)C)NC(=O)OC(C)(C)C)C(C(=O)NC(Cc1ccccc1)C(=O)OC(C)(C)C)c1cccc(C=C)c1. The Morgan fingerprint density at radius 2 is 1.53 bits per heavy atom. The normalized spacial score (nSPS) is 13.4. The van der Waals surface area contributed by atoms with E-state index < -0.39 is 53.2 Å². The van der Waals surface area contributed by atoms with Gasteiger partial charge in [-0.25, -0.2) is 9.59 Å². The summed E-state index contributed by atoms with van der Waals surface area (Å²) in [5.41, 5.74) is 0.256. The fraction of sp³-hybridized carbons (Fsp3) is 0.444. The highest BCUT2D eigenvalue weighted by molar-refractivity contribution is 5.95. The van der Waals surface area contributed by atoms with Gasteiger partial charge in [0, 0.05) is 12.5 Å². The van der Waals surface area contributed by atoms with E-state index in [4.69, 9.17) is 15.9 Å². The Morgan fingerprint density at radius 1 is 0.911 bits per heavy atom. The number of hydrogen-bond donors (Lipinski definition) is 2. The van der Waals surface area contributed by atoms with Crippen LogP contribution in [0.3, 0.4) is 0 Å². The molecular weight excluding hydrogens is 570 g/mol. The summed E-state index contributed by atoms with van der Waals surface area (Å²) < 4.78 is 11.0. The number of benzene rings is 2. The Morgan fingerprint density at radius 3 is 2.07 bits per heavy atom. The molecule has 0 radical (unpaired) electrons. The van der Waals surface area contributed by atoms with Crippen LogP contribution < -0.4 is 10.6 Å². The summed E-state index contributed by atoms with van der Waals surface area (Å²) in [5.74, 6) is -2.04. The smallest absolute Gasteiger partial charge is 0.408 e. The highest BCUT2D eigenvalue weighted by Gasteiger charge is 2.38. The molecule has 2 aromatic rings. The molecular formula is C36H47N3O6. The molecule has 0 aliphatic carbocycles.